The van der Waals surface area contributed by atoms with E-state index in [9.17, 15) is 4.79 Å². The molecule has 0 saturated carbocycles. The van der Waals surface area contributed by atoms with Crippen molar-refractivity contribution in [1.29, 1.82) is 0 Å². The minimum atomic E-state index is -1.01. The van der Waals surface area contributed by atoms with Crippen LogP contribution in [0.25, 0.3) is 11.3 Å². The van der Waals surface area contributed by atoms with Crippen LogP contribution in [0.15, 0.2) is 18.2 Å². The van der Waals surface area contributed by atoms with Crippen molar-refractivity contribution in [1.82, 2.24) is 9.97 Å². The number of aryl methyl sites for hydroxylation is 3. The van der Waals surface area contributed by atoms with Gasteiger partial charge < -0.3 is 10.1 Å². The Labute approximate surface area is 99.3 Å². The molecule has 4 heteroatoms. The van der Waals surface area contributed by atoms with Gasteiger partial charge >= 0.3 is 5.97 Å². The van der Waals surface area contributed by atoms with E-state index in [0.717, 1.165) is 17.0 Å². The molecule has 0 aliphatic rings. The first-order valence-corrected chi connectivity index (χ1v) is 5.36. The Balaban J connectivity index is 2.62. The lowest BCUT2D eigenvalue weighted by molar-refractivity contribution is 0.0691. The van der Waals surface area contributed by atoms with Gasteiger partial charge in [0.1, 0.15) is 0 Å². The second-order valence-corrected chi connectivity index (χ2v) is 4.14. The molecule has 0 aliphatic heterocycles. The summed E-state index contributed by atoms with van der Waals surface area (Å²) in [5, 5.41) is 9.15. The lowest BCUT2D eigenvalue weighted by atomic mass is 10.1. The Hall–Kier alpha value is -2.10. The third kappa shape index (κ3) is 2.06. The van der Waals surface area contributed by atoms with Gasteiger partial charge in [-0.3, -0.25) is 0 Å². The van der Waals surface area contributed by atoms with Gasteiger partial charge in [-0.25, -0.2) is 9.78 Å². The highest BCUT2D eigenvalue weighted by atomic mass is 16.4. The molecule has 0 radical (unpaired) electrons. The van der Waals surface area contributed by atoms with Crippen molar-refractivity contribution in [2.45, 2.75) is 20.8 Å². The lowest BCUT2D eigenvalue weighted by Gasteiger charge is -2.04. The number of hydrogen-bond donors (Lipinski definition) is 2. The van der Waals surface area contributed by atoms with Crippen LogP contribution in [0.1, 0.15) is 27.4 Å². The Morgan fingerprint density at radius 3 is 2.53 bits per heavy atom. The maximum atomic E-state index is 11.2. The van der Waals surface area contributed by atoms with Crippen molar-refractivity contribution < 1.29 is 9.90 Å². The number of nitrogens with one attached hydrogen (secondary N) is 1. The average Bonchev–Trinajstić information content (AvgIpc) is 2.59. The van der Waals surface area contributed by atoms with E-state index in [1.807, 2.05) is 26.0 Å². The second-order valence-electron chi connectivity index (χ2n) is 4.14. The van der Waals surface area contributed by atoms with Crippen molar-refractivity contribution >= 4 is 5.97 Å². The number of aromatic carboxylic acids is 1. The maximum Gasteiger partial charge on any atom is 0.355 e. The molecule has 0 bridgehead atoms. The van der Waals surface area contributed by atoms with E-state index in [2.05, 4.69) is 9.97 Å². The average molecular weight is 230 g/mol. The summed E-state index contributed by atoms with van der Waals surface area (Å²) in [7, 11) is 0. The quantitative estimate of drug-likeness (QED) is 0.833. The van der Waals surface area contributed by atoms with Crippen LogP contribution in [0.4, 0.5) is 0 Å². The van der Waals surface area contributed by atoms with Crippen LogP contribution >= 0.6 is 0 Å². The van der Waals surface area contributed by atoms with Crippen molar-refractivity contribution in [2.75, 3.05) is 0 Å². The van der Waals surface area contributed by atoms with Gasteiger partial charge in [0.2, 0.25) is 0 Å². The molecule has 2 heterocycles. The third-order valence-electron chi connectivity index (χ3n) is 2.80. The lowest BCUT2D eigenvalue weighted by Crippen LogP contribution is -2.04. The predicted octanol–water partition coefficient (Wildman–Crippen LogP) is 2.70. The molecule has 0 spiro atoms. The summed E-state index contributed by atoms with van der Waals surface area (Å²) in [4.78, 5) is 18.4. The normalized spacial score (nSPS) is 10.5. The molecule has 0 unspecified atom stereocenters. The van der Waals surface area contributed by atoms with E-state index < -0.39 is 5.97 Å². The van der Waals surface area contributed by atoms with Gasteiger partial charge in [-0.2, -0.15) is 0 Å². The van der Waals surface area contributed by atoms with E-state index in [1.165, 1.54) is 0 Å². The number of nitrogens with zero attached hydrogens (tertiary/aromatic N) is 1. The second kappa shape index (κ2) is 4.05. The molecule has 0 aliphatic carbocycles. The molecular weight excluding hydrogens is 216 g/mol. The smallest absolute Gasteiger partial charge is 0.355 e. The third-order valence-corrected chi connectivity index (χ3v) is 2.80. The number of carboxylic acid groups (broad SMARTS) is 1. The van der Waals surface area contributed by atoms with Gasteiger partial charge in [-0.1, -0.05) is 0 Å². The van der Waals surface area contributed by atoms with Crippen LogP contribution in [0.2, 0.25) is 0 Å². The van der Waals surface area contributed by atoms with Gasteiger partial charge in [0.15, 0.2) is 5.69 Å². The number of aromatic amines is 1. The molecule has 0 aromatic carbocycles. The van der Waals surface area contributed by atoms with E-state index in [0.29, 0.717) is 11.3 Å². The summed E-state index contributed by atoms with van der Waals surface area (Å²) in [5.41, 5.74) is 4.36. The summed E-state index contributed by atoms with van der Waals surface area (Å²) in [6, 6.07) is 5.54. The minimum Gasteiger partial charge on any atom is -0.476 e. The van der Waals surface area contributed by atoms with Gasteiger partial charge in [0.25, 0.3) is 0 Å². The summed E-state index contributed by atoms with van der Waals surface area (Å²) >= 11 is 0. The summed E-state index contributed by atoms with van der Waals surface area (Å²) < 4.78 is 0. The molecule has 2 rings (SSSR count). The Bertz CT molecular complexity index is 566. The van der Waals surface area contributed by atoms with E-state index >= 15 is 0 Å². The zero-order valence-corrected chi connectivity index (χ0v) is 10.0. The monoisotopic (exact) mass is 230 g/mol. The van der Waals surface area contributed by atoms with Crippen LogP contribution in [0.3, 0.4) is 0 Å². The largest absolute Gasteiger partial charge is 0.476 e. The number of hydrogen-bond acceptors (Lipinski definition) is 2. The van der Waals surface area contributed by atoms with E-state index in [4.69, 9.17) is 5.11 Å². The van der Waals surface area contributed by atoms with Crippen LogP contribution in [0, 0.1) is 20.8 Å². The van der Waals surface area contributed by atoms with Gasteiger partial charge in [0.05, 0.1) is 0 Å². The van der Waals surface area contributed by atoms with Crippen LogP contribution in [-0.2, 0) is 0 Å². The van der Waals surface area contributed by atoms with Crippen LogP contribution < -0.4 is 0 Å². The first-order chi connectivity index (χ1) is 7.99. The van der Waals surface area contributed by atoms with Gasteiger partial charge in [0, 0.05) is 22.6 Å². The molecule has 2 aromatic heterocycles. The fourth-order valence-electron chi connectivity index (χ4n) is 1.74. The molecule has 0 amide bonds. The molecule has 17 heavy (non-hydrogen) atoms. The summed E-state index contributed by atoms with van der Waals surface area (Å²) in [6.45, 7) is 5.72. The highest BCUT2D eigenvalue weighted by Crippen LogP contribution is 2.24. The van der Waals surface area contributed by atoms with Gasteiger partial charge in [-0.15, -0.1) is 0 Å². The van der Waals surface area contributed by atoms with E-state index in [1.54, 1.807) is 13.0 Å². The SMILES string of the molecule is Cc1ccc(-c2cc(C)c(C)[nH]2)c(C(=O)O)n1. The van der Waals surface area contributed by atoms with Crippen molar-refractivity contribution in [3.05, 3.63) is 40.8 Å². The zero-order valence-electron chi connectivity index (χ0n) is 10.0. The fourth-order valence-corrected chi connectivity index (χ4v) is 1.74. The highest BCUT2D eigenvalue weighted by Gasteiger charge is 2.15. The number of pyridine rings is 1. The maximum absolute atomic E-state index is 11.2. The molecule has 0 fully saturated rings. The fraction of sp³-hybridized carbons (Fsp3) is 0.231. The molecule has 4 nitrogen and oxygen atoms in total. The number of H-pyrrole nitrogens is 1. The molecule has 88 valence electrons. The first-order valence-electron chi connectivity index (χ1n) is 5.36. The van der Waals surface area contributed by atoms with Crippen LogP contribution in [-0.4, -0.2) is 21.0 Å². The number of aromatic nitrogens is 2. The van der Waals surface area contributed by atoms with Crippen LogP contribution in [0.5, 0.6) is 0 Å². The van der Waals surface area contributed by atoms with E-state index in [-0.39, 0.29) is 5.69 Å². The van der Waals surface area contributed by atoms with Crippen molar-refractivity contribution in [3.8, 4) is 11.3 Å². The summed E-state index contributed by atoms with van der Waals surface area (Å²) in [5.74, 6) is -1.01. The highest BCUT2D eigenvalue weighted by molar-refractivity contribution is 5.93. The number of carbonyl (C=O) groups is 1. The Morgan fingerprint density at radius 2 is 2.00 bits per heavy atom. The number of carboxylic acids is 1. The zero-order chi connectivity index (χ0) is 12.6. The standard InChI is InChI=1S/C13H14N2O2/c1-7-6-11(15-9(7)3)10-5-4-8(2)14-12(10)13(16)17/h4-6,15H,1-3H3,(H,16,17). The molecule has 0 atom stereocenters. The molecule has 2 N–H and O–H groups in total. The molecule has 0 saturated heterocycles. The Morgan fingerprint density at radius 1 is 1.29 bits per heavy atom. The predicted molar refractivity (Wildman–Crippen MR) is 65.2 cm³/mol. The Kier molecular flexibility index (Phi) is 2.71. The van der Waals surface area contributed by atoms with Gasteiger partial charge in [-0.05, 0) is 44.5 Å². The molecule has 2 aromatic rings. The topological polar surface area (TPSA) is 66.0 Å². The first kappa shape index (κ1) is 11.4. The van der Waals surface area contributed by atoms with Crippen molar-refractivity contribution in [2.24, 2.45) is 0 Å². The number of rotatable bonds is 2. The molecular formula is C13H14N2O2. The summed E-state index contributed by atoms with van der Waals surface area (Å²) in [6.07, 6.45) is 0. The van der Waals surface area contributed by atoms with Crippen molar-refractivity contribution in [3.63, 3.8) is 0 Å². The minimum absolute atomic E-state index is 0.0891.